The number of hydrogen-bond acceptors (Lipinski definition) is 2. The second kappa shape index (κ2) is 3.56. The normalized spacial score (nSPS) is 32.9. The predicted octanol–water partition coefficient (Wildman–Crippen LogP) is 1.55. The Labute approximate surface area is 74.9 Å². The Kier molecular flexibility index (Phi) is 2.89. The summed E-state index contributed by atoms with van der Waals surface area (Å²) >= 11 is 0. The van der Waals surface area contributed by atoms with Gasteiger partial charge in [0.25, 0.3) is 0 Å². The molecule has 0 aliphatic carbocycles. The summed E-state index contributed by atoms with van der Waals surface area (Å²) in [5, 5.41) is 0. The maximum absolute atomic E-state index is 11.5. The Balaban J connectivity index is 2.59. The summed E-state index contributed by atoms with van der Waals surface area (Å²) in [5.41, 5.74) is 0. The first-order chi connectivity index (χ1) is 5.52. The highest BCUT2D eigenvalue weighted by atomic mass is 16.1. The third-order valence-electron chi connectivity index (χ3n) is 2.72. The number of piperidine rings is 1. The van der Waals surface area contributed by atoms with Crippen molar-refractivity contribution in [2.24, 2.45) is 11.8 Å². The van der Waals surface area contributed by atoms with Gasteiger partial charge in [-0.05, 0) is 13.8 Å². The number of hydrogen-bond donors (Lipinski definition) is 0. The van der Waals surface area contributed by atoms with Gasteiger partial charge >= 0.3 is 0 Å². The molecule has 2 nitrogen and oxygen atoms in total. The summed E-state index contributed by atoms with van der Waals surface area (Å²) in [5.74, 6) is 0.902. The van der Waals surface area contributed by atoms with Crippen molar-refractivity contribution in [1.82, 2.24) is 4.90 Å². The molecule has 1 fully saturated rings. The van der Waals surface area contributed by atoms with Gasteiger partial charge in [-0.3, -0.25) is 9.69 Å². The first kappa shape index (κ1) is 9.72. The van der Waals surface area contributed by atoms with Crippen molar-refractivity contribution >= 4 is 5.78 Å². The molecule has 0 aromatic carbocycles. The van der Waals surface area contributed by atoms with Crippen molar-refractivity contribution in [3.05, 3.63) is 0 Å². The summed E-state index contributed by atoms with van der Waals surface area (Å²) < 4.78 is 0. The monoisotopic (exact) mass is 169 g/mol. The Morgan fingerprint density at radius 1 is 1.25 bits per heavy atom. The molecule has 2 unspecified atom stereocenters. The smallest absolute Gasteiger partial charge is 0.141 e. The molecule has 12 heavy (non-hydrogen) atoms. The average Bonchev–Trinajstić information content (AvgIpc) is 1.99. The number of rotatable bonds is 1. The molecule has 2 atom stereocenters. The maximum Gasteiger partial charge on any atom is 0.141 e. The zero-order valence-electron chi connectivity index (χ0n) is 8.50. The highest BCUT2D eigenvalue weighted by Gasteiger charge is 2.30. The van der Waals surface area contributed by atoms with Crippen molar-refractivity contribution in [1.29, 1.82) is 0 Å². The molecule has 0 amide bonds. The minimum atomic E-state index is 0.233. The lowest BCUT2D eigenvalue weighted by atomic mass is 9.89. The van der Waals surface area contributed by atoms with Crippen LogP contribution in [0, 0.1) is 11.8 Å². The lowest BCUT2D eigenvalue weighted by molar-refractivity contribution is -0.130. The topological polar surface area (TPSA) is 20.3 Å². The summed E-state index contributed by atoms with van der Waals surface area (Å²) in [4.78, 5) is 13.9. The number of ketones is 1. The zero-order chi connectivity index (χ0) is 9.30. The van der Waals surface area contributed by atoms with Crippen LogP contribution in [0.5, 0.6) is 0 Å². The lowest BCUT2D eigenvalue weighted by Crippen LogP contribution is -2.47. The van der Waals surface area contributed by atoms with E-state index in [0.29, 0.717) is 11.8 Å². The summed E-state index contributed by atoms with van der Waals surface area (Å²) in [7, 11) is 0. The molecule has 0 saturated carbocycles. The molecular formula is C10H19NO. The third kappa shape index (κ3) is 1.86. The molecule has 1 aliphatic rings. The number of Topliss-reactive ketones (excluding diaryl/α,β-unsaturated/α-hetero) is 1. The van der Waals surface area contributed by atoms with Gasteiger partial charge in [0.2, 0.25) is 0 Å². The minimum absolute atomic E-state index is 0.233. The van der Waals surface area contributed by atoms with E-state index in [1.165, 1.54) is 0 Å². The summed E-state index contributed by atoms with van der Waals surface area (Å²) in [6.45, 7) is 10.3. The molecule has 1 rings (SSSR count). The van der Waals surface area contributed by atoms with E-state index < -0.39 is 0 Å². The fourth-order valence-electron chi connectivity index (χ4n) is 1.87. The van der Waals surface area contributed by atoms with E-state index in [1.807, 2.05) is 13.8 Å². The van der Waals surface area contributed by atoms with Crippen molar-refractivity contribution < 1.29 is 4.79 Å². The van der Waals surface area contributed by atoms with Crippen LogP contribution in [0.25, 0.3) is 0 Å². The number of carbonyl (C=O) groups excluding carboxylic acids is 1. The highest BCUT2D eigenvalue weighted by Crippen LogP contribution is 2.19. The van der Waals surface area contributed by atoms with Crippen LogP contribution >= 0.6 is 0 Å². The second-order valence-corrected chi connectivity index (χ2v) is 4.25. The Hall–Kier alpha value is -0.370. The average molecular weight is 169 g/mol. The van der Waals surface area contributed by atoms with E-state index in [1.54, 1.807) is 0 Å². The van der Waals surface area contributed by atoms with Gasteiger partial charge in [-0.25, -0.2) is 0 Å². The van der Waals surface area contributed by atoms with Gasteiger partial charge in [-0.2, -0.15) is 0 Å². The Bertz CT molecular complexity index is 163. The first-order valence-corrected chi connectivity index (χ1v) is 4.80. The van der Waals surface area contributed by atoms with Crippen LogP contribution in [-0.4, -0.2) is 29.8 Å². The molecule has 1 aliphatic heterocycles. The standard InChI is InChI=1S/C10H19NO/c1-7(2)11-5-8(3)10(12)9(4)6-11/h7-9H,5-6H2,1-4H3. The SMILES string of the molecule is CC1CN(C(C)C)CC(C)C1=O. The van der Waals surface area contributed by atoms with E-state index >= 15 is 0 Å². The van der Waals surface area contributed by atoms with E-state index in [0.717, 1.165) is 13.1 Å². The Morgan fingerprint density at radius 3 is 2.00 bits per heavy atom. The molecule has 70 valence electrons. The van der Waals surface area contributed by atoms with Crippen LogP contribution in [0.4, 0.5) is 0 Å². The van der Waals surface area contributed by atoms with Crippen LogP contribution in [0.2, 0.25) is 0 Å². The van der Waals surface area contributed by atoms with Gasteiger partial charge in [0.05, 0.1) is 0 Å². The number of carbonyl (C=O) groups is 1. The molecule has 1 heterocycles. The first-order valence-electron chi connectivity index (χ1n) is 4.80. The van der Waals surface area contributed by atoms with Gasteiger partial charge in [0.15, 0.2) is 0 Å². The minimum Gasteiger partial charge on any atom is -0.300 e. The van der Waals surface area contributed by atoms with E-state index in [2.05, 4.69) is 18.7 Å². The van der Waals surface area contributed by atoms with Gasteiger partial charge in [-0.1, -0.05) is 13.8 Å². The van der Waals surface area contributed by atoms with E-state index in [-0.39, 0.29) is 11.8 Å². The van der Waals surface area contributed by atoms with Gasteiger partial charge in [0.1, 0.15) is 5.78 Å². The van der Waals surface area contributed by atoms with Crippen LogP contribution < -0.4 is 0 Å². The van der Waals surface area contributed by atoms with Gasteiger partial charge in [0, 0.05) is 31.0 Å². The molecule has 2 heteroatoms. The quantitative estimate of drug-likeness (QED) is 0.593. The van der Waals surface area contributed by atoms with Gasteiger partial charge < -0.3 is 0 Å². The van der Waals surface area contributed by atoms with Crippen molar-refractivity contribution in [3.8, 4) is 0 Å². The molecule has 0 spiro atoms. The molecule has 0 radical (unpaired) electrons. The van der Waals surface area contributed by atoms with E-state index in [4.69, 9.17) is 0 Å². The van der Waals surface area contributed by atoms with Crippen LogP contribution in [-0.2, 0) is 4.79 Å². The van der Waals surface area contributed by atoms with Crippen molar-refractivity contribution in [2.75, 3.05) is 13.1 Å². The predicted molar refractivity (Wildman–Crippen MR) is 50.0 cm³/mol. The molecular weight excluding hydrogens is 150 g/mol. The van der Waals surface area contributed by atoms with Gasteiger partial charge in [-0.15, -0.1) is 0 Å². The van der Waals surface area contributed by atoms with Crippen LogP contribution in [0.3, 0.4) is 0 Å². The highest BCUT2D eigenvalue weighted by molar-refractivity contribution is 5.83. The lowest BCUT2D eigenvalue weighted by Gasteiger charge is -2.36. The maximum atomic E-state index is 11.5. The zero-order valence-corrected chi connectivity index (χ0v) is 8.50. The largest absolute Gasteiger partial charge is 0.300 e. The van der Waals surface area contributed by atoms with Crippen LogP contribution in [0.15, 0.2) is 0 Å². The van der Waals surface area contributed by atoms with Crippen LogP contribution in [0.1, 0.15) is 27.7 Å². The number of likely N-dealkylation sites (tertiary alicyclic amines) is 1. The third-order valence-corrected chi connectivity index (χ3v) is 2.72. The second-order valence-electron chi connectivity index (χ2n) is 4.25. The molecule has 0 bridgehead atoms. The number of nitrogens with zero attached hydrogens (tertiary/aromatic N) is 1. The molecule has 1 saturated heterocycles. The fourth-order valence-corrected chi connectivity index (χ4v) is 1.87. The Morgan fingerprint density at radius 2 is 1.67 bits per heavy atom. The molecule has 0 aromatic heterocycles. The van der Waals surface area contributed by atoms with Crippen molar-refractivity contribution in [3.63, 3.8) is 0 Å². The van der Waals surface area contributed by atoms with Crippen molar-refractivity contribution in [2.45, 2.75) is 33.7 Å². The molecule has 0 N–H and O–H groups in total. The van der Waals surface area contributed by atoms with E-state index in [9.17, 15) is 4.79 Å². The summed E-state index contributed by atoms with van der Waals surface area (Å²) in [6.07, 6.45) is 0. The summed E-state index contributed by atoms with van der Waals surface area (Å²) in [6, 6.07) is 0.572. The molecule has 0 aromatic rings. The fraction of sp³-hybridized carbons (Fsp3) is 0.900.